The Bertz CT molecular complexity index is 485. The predicted molar refractivity (Wildman–Crippen MR) is 72.0 cm³/mol. The van der Waals surface area contributed by atoms with Gasteiger partial charge in [0.05, 0.1) is 0 Å². The van der Waals surface area contributed by atoms with Crippen LogP contribution >= 0.6 is 11.6 Å². The van der Waals surface area contributed by atoms with Crippen LogP contribution in [0.1, 0.15) is 37.4 Å². The van der Waals surface area contributed by atoms with E-state index in [1.807, 2.05) is 30.1 Å². The van der Waals surface area contributed by atoms with Gasteiger partial charge >= 0.3 is 5.97 Å². The normalized spacial score (nSPS) is 19.1. The molecule has 0 saturated carbocycles. The molecule has 1 atom stereocenters. The van der Waals surface area contributed by atoms with Crippen molar-refractivity contribution in [1.29, 1.82) is 0 Å². The van der Waals surface area contributed by atoms with Crippen molar-refractivity contribution in [2.75, 3.05) is 7.05 Å². The Labute approximate surface area is 112 Å². The molecule has 0 aliphatic heterocycles. The maximum atomic E-state index is 11.3. The second-order valence-corrected chi connectivity index (χ2v) is 5.81. The van der Waals surface area contributed by atoms with Crippen molar-refractivity contribution >= 4 is 17.6 Å². The highest BCUT2D eigenvalue weighted by Gasteiger charge is 2.39. The Morgan fingerprint density at radius 1 is 1.50 bits per heavy atom. The standard InChI is InChI=1S/C14H18ClNO2/c1-14(2,13(17)18)16(3)12-7-4-9-8-10(15)5-6-11(9)12/h5-6,8,12H,4,7H2,1-3H3,(H,17,18). The number of aryl methyl sites for hydroxylation is 1. The van der Waals surface area contributed by atoms with E-state index in [-0.39, 0.29) is 6.04 Å². The highest BCUT2D eigenvalue weighted by molar-refractivity contribution is 6.30. The minimum absolute atomic E-state index is 0.156. The second-order valence-electron chi connectivity index (χ2n) is 5.37. The van der Waals surface area contributed by atoms with Crippen molar-refractivity contribution < 1.29 is 9.90 Å². The third-order valence-corrected chi connectivity index (χ3v) is 4.26. The summed E-state index contributed by atoms with van der Waals surface area (Å²) >= 11 is 5.98. The first kappa shape index (κ1) is 13.4. The fourth-order valence-corrected chi connectivity index (χ4v) is 2.70. The van der Waals surface area contributed by atoms with Gasteiger partial charge in [0.15, 0.2) is 0 Å². The zero-order valence-corrected chi connectivity index (χ0v) is 11.7. The molecular formula is C14H18ClNO2. The van der Waals surface area contributed by atoms with Crippen molar-refractivity contribution in [3.63, 3.8) is 0 Å². The van der Waals surface area contributed by atoms with Crippen molar-refractivity contribution in [2.45, 2.75) is 38.3 Å². The van der Waals surface area contributed by atoms with Crippen LogP contribution < -0.4 is 0 Å². The van der Waals surface area contributed by atoms with E-state index in [2.05, 4.69) is 0 Å². The number of likely N-dealkylation sites (N-methyl/N-ethyl adjacent to an activating group) is 1. The summed E-state index contributed by atoms with van der Waals surface area (Å²) < 4.78 is 0. The van der Waals surface area contributed by atoms with Gasteiger partial charge in [-0.05, 0) is 57.0 Å². The van der Waals surface area contributed by atoms with E-state index in [4.69, 9.17) is 11.6 Å². The average Bonchev–Trinajstić information content (AvgIpc) is 2.70. The van der Waals surface area contributed by atoms with Crippen molar-refractivity contribution in [3.05, 3.63) is 34.3 Å². The molecule has 2 rings (SSSR count). The van der Waals surface area contributed by atoms with Gasteiger partial charge in [-0.25, -0.2) is 0 Å². The van der Waals surface area contributed by atoms with Gasteiger partial charge in [0.25, 0.3) is 0 Å². The van der Waals surface area contributed by atoms with Gasteiger partial charge in [-0.2, -0.15) is 0 Å². The molecule has 0 radical (unpaired) electrons. The van der Waals surface area contributed by atoms with Gasteiger partial charge < -0.3 is 5.11 Å². The van der Waals surface area contributed by atoms with Crippen molar-refractivity contribution in [2.24, 2.45) is 0 Å². The molecule has 1 unspecified atom stereocenters. The number of carbonyl (C=O) groups is 1. The monoisotopic (exact) mass is 267 g/mol. The molecule has 1 aliphatic carbocycles. The maximum Gasteiger partial charge on any atom is 0.323 e. The van der Waals surface area contributed by atoms with Gasteiger partial charge in [-0.15, -0.1) is 0 Å². The van der Waals surface area contributed by atoms with Crippen LogP contribution in [0.3, 0.4) is 0 Å². The Kier molecular flexibility index (Phi) is 3.39. The fourth-order valence-electron chi connectivity index (χ4n) is 2.51. The number of benzene rings is 1. The summed E-state index contributed by atoms with van der Waals surface area (Å²) in [5, 5.41) is 10.0. The fraction of sp³-hybridized carbons (Fsp3) is 0.500. The number of nitrogens with zero attached hydrogens (tertiary/aromatic N) is 1. The molecule has 1 aromatic carbocycles. The molecule has 0 amide bonds. The van der Waals surface area contributed by atoms with Crippen LogP contribution in [0.4, 0.5) is 0 Å². The Morgan fingerprint density at radius 2 is 2.17 bits per heavy atom. The van der Waals surface area contributed by atoms with Crippen LogP contribution in [0.25, 0.3) is 0 Å². The highest BCUT2D eigenvalue weighted by atomic mass is 35.5. The van der Waals surface area contributed by atoms with E-state index < -0.39 is 11.5 Å². The summed E-state index contributed by atoms with van der Waals surface area (Å²) in [5.74, 6) is -0.799. The molecule has 18 heavy (non-hydrogen) atoms. The zero-order valence-electron chi connectivity index (χ0n) is 10.9. The SMILES string of the molecule is CN(C1CCc2cc(Cl)ccc21)C(C)(C)C(=O)O. The Morgan fingerprint density at radius 3 is 2.78 bits per heavy atom. The third-order valence-electron chi connectivity index (χ3n) is 4.02. The largest absolute Gasteiger partial charge is 0.480 e. The number of aliphatic carboxylic acids is 1. The molecule has 0 bridgehead atoms. The van der Waals surface area contributed by atoms with Gasteiger partial charge in [-0.3, -0.25) is 9.69 Å². The summed E-state index contributed by atoms with van der Waals surface area (Å²) in [6.45, 7) is 3.48. The van der Waals surface area contributed by atoms with Crippen LogP contribution in [0.5, 0.6) is 0 Å². The molecule has 1 N–H and O–H groups in total. The minimum Gasteiger partial charge on any atom is -0.480 e. The van der Waals surface area contributed by atoms with E-state index in [1.54, 1.807) is 13.8 Å². The first-order valence-corrected chi connectivity index (χ1v) is 6.46. The molecule has 3 nitrogen and oxygen atoms in total. The first-order chi connectivity index (χ1) is 8.34. The second kappa shape index (κ2) is 4.56. The number of rotatable bonds is 3. The van der Waals surface area contributed by atoms with Gasteiger partial charge in [-0.1, -0.05) is 17.7 Å². The van der Waals surface area contributed by atoms with E-state index in [0.717, 1.165) is 17.9 Å². The van der Waals surface area contributed by atoms with Crippen LogP contribution in [0, 0.1) is 0 Å². The smallest absolute Gasteiger partial charge is 0.323 e. The molecule has 1 aromatic rings. The number of fused-ring (bicyclic) bond motifs is 1. The number of carboxylic acids is 1. The van der Waals surface area contributed by atoms with Crippen molar-refractivity contribution in [3.8, 4) is 0 Å². The van der Waals surface area contributed by atoms with E-state index in [1.165, 1.54) is 11.1 Å². The number of hydrogen-bond acceptors (Lipinski definition) is 2. The quantitative estimate of drug-likeness (QED) is 0.915. The summed E-state index contributed by atoms with van der Waals surface area (Å²) in [7, 11) is 1.88. The topological polar surface area (TPSA) is 40.5 Å². The molecule has 0 heterocycles. The number of carboxylic acid groups (broad SMARTS) is 1. The Hall–Kier alpha value is -1.06. The van der Waals surface area contributed by atoms with Gasteiger partial charge in [0.1, 0.15) is 5.54 Å². The molecule has 0 saturated heterocycles. The number of halogens is 1. The average molecular weight is 268 g/mol. The lowest BCUT2D eigenvalue weighted by molar-refractivity contribution is -0.150. The zero-order chi connectivity index (χ0) is 13.5. The molecular weight excluding hydrogens is 250 g/mol. The van der Waals surface area contributed by atoms with Crippen LogP contribution in [0.15, 0.2) is 18.2 Å². The summed E-state index contributed by atoms with van der Waals surface area (Å²) in [6.07, 6.45) is 1.91. The van der Waals surface area contributed by atoms with Crippen LogP contribution in [-0.4, -0.2) is 28.6 Å². The summed E-state index contributed by atoms with van der Waals surface area (Å²) in [5.41, 5.74) is 1.57. The molecule has 98 valence electrons. The molecule has 1 aliphatic rings. The maximum absolute atomic E-state index is 11.3. The van der Waals surface area contributed by atoms with E-state index in [0.29, 0.717) is 0 Å². The molecule has 4 heteroatoms. The van der Waals surface area contributed by atoms with Gasteiger partial charge in [0.2, 0.25) is 0 Å². The van der Waals surface area contributed by atoms with Crippen LogP contribution in [0.2, 0.25) is 5.02 Å². The van der Waals surface area contributed by atoms with Gasteiger partial charge in [0, 0.05) is 11.1 Å². The number of hydrogen-bond donors (Lipinski definition) is 1. The summed E-state index contributed by atoms with van der Waals surface area (Å²) in [6, 6.07) is 6.03. The summed E-state index contributed by atoms with van der Waals surface area (Å²) in [4.78, 5) is 13.3. The lowest BCUT2D eigenvalue weighted by atomic mass is 9.98. The van der Waals surface area contributed by atoms with Crippen LogP contribution in [-0.2, 0) is 11.2 Å². The molecule has 0 aromatic heterocycles. The van der Waals surface area contributed by atoms with E-state index >= 15 is 0 Å². The highest BCUT2D eigenvalue weighted by Crippen LogP contribution is 2.39. The molecule has 0 fully saturated rings. The Balaban J connectivity index is 2.31. The lowest BCUT2D eigenvalue weighted by Gasteiger charge is -2.36. The third kappa shape index (κ3) is 2.13. The molecule has 0 spiro atoms. The predicted octanol–water partition coefficient (Wildman–Crippen LogP) is 3.12. The van der Waals surface area contributed by atoms with Crippen molar-refractivity contribution in [1.82, 2.24) is 4.90 Å². The first-order valence-electron chi connectivity index (χ1n) is 6.08. The van der Waals surface area contributed by atoms with E-state index in [9.17, 15) is 9.90 Å². The minimum atomic E-state index is -0.869. The lowest BCUT2D eigenvalue weighted by Crippen LogP contribution is -2.49.